The summed E-state index contributed by atoms with van der Waals surface area (Å²) in [5.74, 6) is 0.0284. The van der Waals surface area contributed by atoms with E-state index in [9.17, 15) is 9.59 Å². The number of anilines is 2. The van der Waals surface area contributed by atoms with Gasteiger partial charge in [-0.05, 0) is 85.3 Å². The molecule has 2 amide bonds. The molecule has 9 heteroatoms. The molecule has 0 spiro atoms. The lowest BCUT2D eigenvalue weighted by atomic mass is 10.0. The molecule has 1 aliphatic rings. The molecule has 0 unspecified atom stereocenters. The maximum Gasteiger partial charge on any atom is 0.253 e. The number of pyridine rings is 1. The number of imidazole rings is 1. The van der Waals surface area contributed by atoms with E-state index >= 15 is 0 Å². The summed E-state index contributed by atoms with van der Waals surface area (Å²) in [5.41, 5.74) is 6.94. The molecule has 0 saturated heterocycles. The average molecular weight is 560 g/mol. The van der Waals surface area contributed by atoms with Crippen molar-refractivity contribution in [2.45, 2.75) is 39.2 Å². The Bertz CT molecular complexity index is 1480. The predicted octanol–water partition coefficient (Wildman–Crippen LogP) is 6.22. The van der Waals surface area contributed by atoms with Crippen LogP contribution in [-0.4, -0.2) is 51.9 Å². The van der Waals surface area contributed by atoms with Crippen LogP contribution in [0.15, 0.2) is 67.0 Å². The number of nitrogens with zero attached hydrogens (tertiary/aromatic N) is 3. The predicted molar refractivity (Wildman–Crippen MR) is 158 cm³/mol. The monoisotopic (exact) mass is 559 g/mol. The van der Waals surface area contributed by atoms with Crippen molar-refractivity contribution in [2.75, 3.05) is 31.1 Å². The molecule has 2 aromatic heterocycles. The number of rotatable bonds is 13. The molecule has 0 fully saturated rings. The Balaban J connectivity index is 1.27. The van der Waals surface area contributed by atoms with Crippen molar-refractivity contribution in [2.24, 2.45) is 0 Å². The molecule has 40 heavy (non-hydrogen) atoms. The van der Waals surface area contributed by atoms with Crippen molar-refractivity contribution in [3.8, 4) is 11.3 Å². The normalized spacial score (nSPS) is 12.4. The summed E-state index contributed by atoms with van der Waals surface area (Å²) in [6, 6.07) is 17.8. The standard InChI is InChI=1S/C31H34ClN5O3/c1-2-15-36(16-4-3-5-18-40-21-32)31(39)22-6-9-25(10-7-22)35-27-12-13-28(37-17-14-33-29(27)37)23-8-11-26-24(19-23)20-34-30(26)38/h6-14,17,19,35H,2-5,15-16,18,20-21H2,1H3,(H,34,38). The Labute approximate surface area is 239 Å². The number of hydrogen-bond acceptors (Lipinski definition) is 5. The summed E-state index contributed by atoms with van der Waals surface area (Å²) in [4.78, 5) is 31.7. The second-order valence-electron chi connectivity index (χ2n) is 9.88. The highest BCUT2D eigenvalue weighted by molar-refractivity contribution is 6.17. The fourth-order valence-electron chi connectivity index (χ4n) is 5.10. The minimum atomic E-state index is -0.0240. The number of nitrogens with one attached hydrogen (secondary N) is 2. The number of halogens is 1. The van der Waals surface area contributed by atoms with Crippen LogP contribution in [0.2, 0.25) is 0 Å². The number of hydrogen-bond donors (Lipinski definition) is 2. The lowest BCUT2D eigenvalue weighted by Crippen LogP contribution is -2.32. The topological polar surface area (TPSA) is 88.0 Å². The van der Waals surface area contributed by atoms with Gasteiger partial charge in [0, 0.05) is 55.4 Å². The molecule has 5 rings (SSSR count). The van der Waals surface area contributed by atoms with E-state index in [1.165, 1.54) is 0 Å². The Morgan fingerprint density at radius 1 is 1.10 bits per heavy atom. The van der Waals surface area contributed by atoms with Crippen molar-refractivity contribution in [1.29, 1.82) is 0 Å². The first-order valence-electron chi connectivity index (χ1n) is 13.8. The second kappa shape index (κ2) is 13.0. The number of carbonyl (C=O) groups excluding carboxylic acids is 2. The summed E-state index contributed by atoms with van der Waals surface area (Å²) in [6.07, 6.45) is 7.50. The number of ether oxygens (including phenoxy) is 1. The number of alkyl halides is 1. The lowest BCUT2D eigenvalue weighted by molar-refractivity contribution is 0.0751. The maximum absolute atomic E-state index is 13.2. The number of aromatic nitrogens is 2. The number of benzene rings is 2. The first kappa shape index (κ1) is 27.7. The SMILES string of the molecule is CCCN(CCCCCOCCl)C(=O)c1ccc(Nc2ccc(-c3ccc4c(c3)CNC4=O)n3ccnc23)cc1. The molecule has 0 aliphatic carbocycles. The molecule has 0 atom stereocenters. The van der Waals surface area contributed by atoms with Gasteiger partial charge in [0.15, 0.2) is 5.65 Å². The molecule has 1 aliphatic heterocycles. The van der Waals surface area contributed by atoms with Gasteiger partial charge >= 0.3 is 0 Å². The van der Waals surface area contributed by atoms with Crippen molar-refractivity contribution in [3.63, 3.8) is 0 Å². The second-order valence-corrected chi connectivity index (χ2v) is 10.1. The molecule has 2 aromatic carbocycles. The number of amides is 2. The maximum atomic E-state index is 13.2. The number of fused-ring (bicyclic) bond motifs is 2. The highest BCUT2D eigenvalue weighted by Gasteiger charge is 2.20. The minimum absolute atomic E-state index is 0.0240. The Kier molecular flexibility index (Phi) is 8.98. The molecular weight excluding hydrogens is 526 g/mol. The van der Waals surface area contributed by atoms with Crippen molar-refractivity contribution < 1.29 is 14.3 Å². The molecule has 4 aromatic rings. The van der Waals surface area contributed by atoms with E-state index in [0.717, 1.165) is 78.2 Å². The largest absolute Gasteiger partial charge is 0.366 e. The zero-order valence-corrected chi connectivity index (χ0v) is 23.4. The Hall–Kier alpha value is -3.88. The summed E-state index contributed by atoms with van der Waals surface area (Å²) < 4.78 is 7.22. The van der Waals surface area contributed by atoms with Crippen LogP contribution in [0.4, 0.5) is 11.4 Å². The van der Waals surface area contributed by atoms with Gasteiger partial charge in [-0.25, -0.2) is 4.98 Å². The van der Waals surface area contributed by atoms with Crippen LogP contribution in [0.5, 0.6) is 0 Å². The fourth-order valence-corrected chi connectivity index (χ4v) is 5.20. The zero-order valence-electron chi connectivity index (χ0n) is 22.7. The van der Waals surface area contributed by atoms with E-state index in [0.29, 0.717) is 18.7 Å². The van der Waals surface area contributed by atoms with Crippen LogP contribution < -0.4 is 10.6 Å². The van der Waals surface area contributed by atoms with Crippen LogP contribution >= 0.6 is 11.6 Å². The van der Waals surface area contributed by atoms with E-state index in [4.69, 9.17) is 16.3 Å². The molecule has 208 valence electrons. The molecular formula is C31H34ClN5O3. The molecule has 2 N–H and O–H groups in total. The third-order valence-corrected chi connectivity index (χ3v) is 7.27. The lowest BCUT2D eigenvalue weighted by Gasteiger charge is -2.22. The quantitative estimate of drug-likeness (QED) is 0.150. The van der Waals surface area contributed by atoms with Crippen LogP contribution in [-0.2, 0) is 11.3 Å². The van der Waals surface area contributed by atoms with Gasteiger partial charge in [0.1, 0.15) is 6.07 Å². The van der Waals surface area contributed by atoms with E-state index in [1.54, 1.807) is 6.20 Å². The van der Waals surface area contributed by atoms with Gasteiger partial charge in [0.25, 0.3) is 11.8 Å². The van der Waals surface area contributed by atoms with Crippen molar-refractivity contribution in [3.05, 3.63) is 83.7 Å². The van der Waals surface area contributed by atoms with Crippen LogP contribution in [0.3, 0.4) is 0 Å². The van der Waals surface area contributed by atoms with E-state index in [1.807, 2.05) is 64.0 Å². The highest BCUT2D eigenvalue weighted by atomic mass is 35.5. The van der Waals surface area contributed by atoms with Gasteiger partial charge in [0.05, 0.1) is 11.4 Å². The van der Waals surface area contributed by atoms with E-state index < -0.39 is 0 Å². The van der Waals surface area contributed by atoms with Gasteiger partial charge in [-0.15, -0.1) is 0 Å². The average Bonchev–Trinajstić information content (AvgIpc) is 3.62. The van der Waals surface area contributed by atoms with Gasteiger partial charge in [-0.1, -0.05) is 24.6 Å². The molecule has 0 radical (unpaired) electrons. The van der Waals surface area contributed by atoms with Gasteiger partial charge in [0.2, 0.25) is 0 Å². The molecule has 3 heterocycles. The minimum Gasteiger partial charge on any atom is -0.366 e. The third kappa shape index (κ3) is 6.13. The summed E-state index contributed by atoms with van der Waals surface area (Å²) in [7, 11) is 0. The van der Waals surface area contributed by atoms with Crippen molar-refractivity contribution in [1.82, 2.24) is 19.6 Å². The fraction of sp³-hybridized carbons (Fsp3) is 0.323. The van der Waals surface area contributed by atoms with Gasteiger partial charge in [-0.2, -0.15) is 0 Å². The third-order valence-electron chi connectivity index (χ3n) is 7.12. The zero-order chi connectivity index (χ0) is 27.9. The summed E-state index contributed by atoms with van der Waals surface area (Å²) in [5, 5.41) is 6.33. The Morgan fingerprint density at radius 3 is 2.75 bits per heavy atom. The smallest absolute Gasteiger partial charge is 0.253 e. The van der Waals surface area contributed by atoms with E-state index in [2.05, 4.69) is 28.6 Å². The Morgan fingerprint density at radius 2 is 1.95 bits per heavy atom. The molecule has 0 saturated carbocycles. The van der Waals surface area contributed by atoms with Crippen LogP contribution in [0.25, 0.3) is 16.9 Å². The molecule has 0 bridgehead atoms. The van der Waals surface area contributed by atoms with Gasteiger partial charge in [-0.3, -0.25) is 14.0 Å². The van der Waals surface area contributed by atoms with Gasteiger partial charge < -0.3 is 20.3 Å². The van der Waals surface area contributed by atoms with Crippen molar-refractivity contribution >= 4 is 40.4 Å². The van der Waals surface area contributed by atoms with E-state index in [-0.39, 0.29) is 17.9 Å². The number of unbranched alkanes of at least 4 members (excludes halogenated alkanes) is 2. The van der Waals surface area contributed by atoms with Crippen LogP contribution in [0.1, 0.15) is 58.9 Å². The molecule has 8 nitrogen and oxygen atoms in total. The first-order chi connectivity index (χ1) is 19.6. The van der Waals surface area contributed by atoms with Crippen LogP contribution in [0, 0.1) is 0 Å². The summed E-state index contributed by atoms with van der Waals surface area (Å²) >= 11 is 5.55. The highest BCUT2D eigenvalue weighted by Crippen LogP contribution is 2.30. The first-order valence-corrected chi connectivity index (χ1v) is 14.3. The summed E-state index contributed by atoms with van der Waals surface area (Å²) in [6.45, 7) is 4.76. The number of carbonyl (C=O) groups is 2.